The van der Waals surface area contributed by atoms with Crippen molar-refractivity contribution in [3.05, 3.63) is 35.4 Å². The molecule has 0 aliphatic carbocycles. The molecule has 2 N–H and O–H groups in total. The molecular formula is C15H24N2O. The first-order chi connectivity index (χ1) is 8.65. The maximum absolute atomic E-state index is 6.24. The zero-order valence-electron chi connectivity index (χ0n) is 11.4. The predicted molar refractivity (Wildman–Crippen MR) is 74.6 cm³/mol. The Bertz CT molecular complexity index is 363. The van der Waals surface area contributed by atoms with E-state index in [-0.39, 0.29) is 6.04 Å². The van der Waals surface area contributed by atoms with E-state index in [0.29, 0.717) is 6.10 Å². The van der Waals surface area contributed by atoms with E-state index in [1.54, 1.807) is 0 Å². The summed E-state index contributed by atoms with van der Waals surface area (Å²) < 4.78 is 5.54. The number of rotatable bonds is 4. The van der Waals surface area contributed by atoms with Crippen LogP contribution in [0, 0.1) is 6.92 Å². The normalized spacial score (nSPS) is 22.9. The van der Waals surface area contributed by atoms with E-state index in [4.69, 9.17) is 10.5 Å². The molecule has 1 saturated heterocycles. The van der Waals surface area contributed by atoms with Crippen molar-refractivity contribution < 1.29 is 4.74 Å². The third-order valence-electron chi connectivity index (χ3n) is 3.59. The molecule has 0 amide bonds. The topological polar surface area (TPSA) is 38.5 Å². The number of benzene rings is 1. The van der Waals surface area contributed by atoms with Crippen LogP contribution in [0.3, 0.4) is 0 Å². The summed E-state index contributed by atoms with van der Waals surface area (Å²) in [5, 5.41) is 0. The van der Waals surface area contributed by atoms with E-state index >= 15 is 0 Å². The molecule has 0 bridgehead atoms. The van der Waals surface area contributed by atoms with Gasteiger partial charge in [-0.25, -0.2) is 0 Å². The van der Waals surface area contributed by atoms with Crippen LogP contribution in [0.1, 0.15) is 30.5 Å². The van der Waals surface area contributed by atoms with E-state index in [1.807, 2.05) is 0 Å². The second-order valence-electron chi connectivity index (χ2n) is 5.29. The lowest BCUT2D eigenvalue weighted by Crippen LogP contribution is -2.42. The van der Waals surface area contributed by atoms with Gasteiger partial charge in [0.2, 0.25) is 0 Å². The van der Waals surface area contributed by atoms with Crippen LogP contribution in [0.25, 0.3) is 0 Å². The molecule has 0 aromatic heterocycles. The summed E-state index contributed by atoms with van der Waals surface area (Å²) in [6.07, 6.45) is 1.37. The summed E-state index contributed by atoms with van der Waals surface area (Å²) in [6.45, 7) is 8.20. The SMILES string of the molecule is Cc1ccc(C(N)CCN2CCOC(C)C2)cc1. The highest BCUT2D eigenvalue weighted by atomic mass is 16.5. The van der Waals surface area contributed by atoms with Crippen molar-refractivity contribution >= 4 is 0 Å². The number of morpholine rings is 1. The minimum absolute atomic E-state index is 0.142. The standard InChI is InChI=1S/C15H24N2O/c1-12-3-5-14(6-4-12)15(16)7-8-17-9-10-18-13(2)11-17/h3-6,13,15H,7-11,16H2,1-2H3. The average Bonchev–Trinajstić information content (AvgIpc) is 2.37. The second-order valence-corrected chi connectivity index (χ2v) is 5.29. The fourth-order valence-electron chi connectivity index (χ4n) is 2.40. The van der Waals surface area contributed by atoms with Gasteiger partial charge in [0.1, 0.15) is 0 Å². The highest BCUT2D eigenvalue weighted by molar-refractivity contribution is 5.23. The summed E-state index contributed by atoms with van der Waals surface area (Å²) in [5.41, 5.74) is 8.76. The number of hydrogen-bond acceptors (Lipinski definition) is 3. The van der Waals surface area contributed by atoms with Crippen LogP contribution >= 0.6 is 0 Å². The maximum Gasteiger partial charge on any atom is 0.0674 e. The Balaban J connectivity index is 1.80. The quantitative estimate of drug-likeness (QED) is 0.887. The van der Waals surface area contributed by atoms with Crippen LogP contribution in [-0.4, -0.2) is 37.2 Å². The molecule has 3 nitrogen and oxygen atoms in total. The fourth-order valence-corrected chi connectivity index (χ4v) is 2.40. The summed E-state index contributed by atoms with van der Waals surface area (Å²) in [6, 6.07) is 8.69. The Morgan fingerprint density at radius 1 is 1.39 bits per heavy atom. The highest BCUT2D eigenvalue weighted by Crippen LogP contribution is 2.16. The van der Waals surface area contributed by atoms with Gasteiger partial charge in [-0.2, -0.15) is 0 Å². The van der Waals surface area contributed by atoms with Gasteiger partial charge in [0.25, 0.3) is 0 Å². The molecular weight excluding hydrogens is 224 g/mol. The lowest BCUT2D eigenvalue weighted by atomic mass is 10.0. The van der Waals surface area contributed by atoms with Gasteiger partial charge in [-0.3, -0.25) is 4.90 Å². The van der Waals surface area contributed by atoms with Crippen LogP contribution < -0.4 is 5.73 Å². The van der Waals surface area contributed by atoms with Gasteiger partial charge in [0.15, 0.2) is 0 Å². The third-order valence-corrected chi connectivity index (χ3v) is 3.59. The number of hydrogen-bond donors (Lipinski definition) is 1. The Morgan fingerprint density at radius 2 is 2.11 bits per heavy atom. The number of ether oxygens (including phenoxy) is 1. The second kappa shape index (κ2) is 6.32. The Morgan fingerprint density at radius 3 is 2.78 bits per heavy atom. The molecule has 1 aliphatic heterocycles. The molecule has 0 saturated carbocycles. The predicted octanol–water partition coefficient (Wildman–Crippen LogP) is 2.11. The van der Waals surface area contributed by atoms with Crippen molar-refractivity contribution in [2.75, 3.05) is 26.2 Å². The molecule has 0 radical (unpaired) electrons. The number of nitrogens with zero attached hydrogens (tertiary/aromatic N) is 1. The van der Waals surface area contributed by atoms with Crippen LogP contribution in [0.5, 0.6) is 0 Å². The summed E-state index contributed by atoms with van der Waals surface area (Å²) in [5.74, 6) is 0. The molecule has 1 aromatic rings. The number of aryl methyl sites for hydroxylation is 1. The molecule has 1 heterocycles. The Labute approximate surface area is 110 Å². The van der Waals surface area contributed by atoms with E-state index in [0.717, 1.165) is 32.7 Å². The molecule has 1 fully saturated rings. The van der Waals surface area contributed by atoms with Gasteiger partial charge in [-0.15, -0.1) is 0 Å². The van der Waals surface area contributed by atoms with Crippen LogP contribution in [0.4, 0.5) is 0 Å². The molecule has 2 unspecified atom stereocenters. The summed E-state index contributed by atoms with van der Waals surface area (Å²) in [7, 11) is 0. The van der Waals surface area contributed by atoms with E-state index in [9.17, 15) is 0 Å². The van der Waals surface area contributed by atoms with Crippen molar-refractivity contribution in [2.24, 2.45) is 5.73 Å². The van der Waals surface area contributed by atoms with Gasteiger partial charge in [0, 0.05) is 25.7 Å². The zero-order chi connectivity index (χ0) is 13.0. The van der Waals surface area contributed by atoms with Gasteiger partial charge in [-0.1, -0.05) is 29.8 Å². The first-order valence-electron chi connectivity index (χ1n) is 6.81. The van der Waals surface area contributed by atoms with Crippen LogP contribution in [-0.2, 0) is 4.74 Å². The van der Waals surface area contributed by atoms with Crippen LogP contribution in [0.15, 0.2) is 24.3 Å². The lowest BCUT2D eigenvalue weighted by molar-refractivity contribution is -0.0189. The minimum atomic E-state index is 0.142. The largest absolute Gasteiger partial charge is 0.376 e. The summed E-state index contributed by atoms with van der Waals surface area (Å²) >= 11 is 0. The Kier molecular flexibility index (Phi) is 4.75. The van der Waals surface area contributed by atoms with Crippen molar-refractivity contribution in [2.45, 2.75) is 32.4 Å². The van der Waals surface area contributed by atoms with Gasteiger partial charge >= 0.3 is 0 Å². The van der Waals surface area contributed by atoms with Crippen molar-refractivity contribution in [1.82, 2.24) is 4.90 Å². The Hall–Kier alpha value is -0.900. The van der Waals surface area contributed by atoms with Gasteiger partial charge < -0.3 is 10.5 Å². The molecule has 0 spiro atoms. The fraction of sp³-hybridized carbons (Fsp3) is 0.600. The molecule has 1 aliphatic rings. The highest BCUT2D eigenvalue weighted by Gasteiger charge is 2.17. The first kappa shape index (κ1) is 13.5. The molecule has 2 atom stereocenters. The van der Waals surface area contributed by atoms with E-state index < -0.39 is 0 Å². The van der Waals surface area contributed by atoms with Gasteiger partial charge in [-0.05, 0) is 25.8 Å². The van der Waals surface area contributed by atoms with Gasteiger partial charge in [0.05, 0.1) is 12.7 Å². The van der Waals surface area contributed by atoms with E-state index in [2.05, 4.69) is 43.0 Å². The molecule has 100 valence electrons. The zero-order valence-corrected chi connectivity index (χ0v) is 11.4. The summed E-state index contributed by atoms with van der Waals surface area (Å²) in [4.78, 5) is 2.45. The van der Waals surface area contributed by atoms with Crippen molar-refractivity contribution in [3.63, 3.8) is 0 Å². The number of nitrogens with two attached hydrogens (primary N) is 1. The average molecular weight is 248 g/mol. The minimum Gasteiger partial charge on any atom is -0.376 e. The van der Waals surface area contributed by atoms with Crippen molar-refractivity contribution in [3.8, 4) is 0 Å². The lowest BCUT2D eigenvalue weighted by Gasteiger charge is -2.31. The monoisotopic (exact) mass is 248 g/mol. The first-order valence-corrected chi connectivity index (χ1v) is 6.81. The molecule has 1 aromatic carbocycles. The van der Waals surface area contributed by atoms with Crippen molar-refractivity contribution in [1.29, 1.82) is 0 Å². The van der Waals surface area contributed by atoms with E-state index in [1.165, 1.54) is 11.1 Å². The third kappa shape index (κ3) is 3.80. The molecule has 3 heteroatoms. The maximum atomic E-state index is 6.24. The molecule has 2 rings (SSSR count). The smallest absolute Gasteiger partial charge is 0.0674 e. The van der Waals surface area contributed by atoms with Crippen LogP contribution in [0.2, 0.25) is 0 Å². The molecule has 18 heavy (non-hydrogen) atoms.